The summed E-state index contributed by atoms with van der Waals surface area (Å²) in [6.07, 6.45) is 2.97. The first-order valence-corrected chi connectivity index (χ1v) is 9.86. The van der Waals surface area contributed by atoms with Gasteiger partial charge in [-0.3, -0.25) is 4.79 Å². The molecule has 168 valence electrons. The number of rotatable bonds is 9. The van der Waals surface area contributed by atoms with Crippen LogP contribution >= 0.6 is 0 Å². The number of benzene rings is 2. The maximum absolute atomic E-state index is 12.9. The van der Waals surface area contributed by atoms with Gasteiger partial charge in [0.15, 0.2) is 17.3 Å². The van der Waals surface area contributed by atoms with Gasteiger partial charge in [0, 0.05) is 22.6 Å². The van der Waals surface area contributed by atoms with E-state index in [4.69, 9.17) is 23.7 Å². The number of carbonyl (C=O) groups excluding carboxylic acids is 2. The summed E-state index contributed by atoms with van der Waals surface area (Å²) < 4.78 is 26.4. The fraction of sp³-hybridized carbons (Fsp3) is 0.250. The Bertz CT molecular complexity index is 1150. The number of H-pyrrole nitrogens is 1. The monoisotopic (exact) mass is 439 g/mol. The minimum absolute atomic E-state index is 0.227. The predicted octanol–water partition coefficient (Wildman–Crippen LogP) is 4.28. The maximum atomic E-state index is 12.9. The van der Waals surface area contributed by atoms with Gasteiger partial charge in [-0.25, -0.2) is 4.79 Å². The number of ketones is 1. The largest absolute Gasteiger partial charge is 0.497 e. The Morgan fingerprint density at radius 3 is 2.19 bits per heavy atom. The average molecular weight is 439 g/mol. The van der Waals surface area contributed by atoms with Crippen molar-refractivity contribution in [3.05, 3.63) is 53.2 Å². The van der Waals surface area contributed by atoms with Crippen LogP contribution in [-0.2, 0) is 4.74 Å². The highest BCUT2D eigenvalue weighted by atomic mass is 16.5. The van der Waals surface area contributed by atoms with Gasteiger partial charge in [0.1, 0.15) is 11.4 Å². The highest BCUT2D eigenvalue weighted by Gasteiger charge is 2.19. The van der Waals surface area contributed by atoms with Crippen molar-refractivity contribution in [2.45, 2.75) is 6.92 Å². The number of nitrogens with one attached hydrogen (secondary N) is 1. The molecule has 0 fully saturated rings. The number of aromatic amines is 1. The molecule has 0 aliphatic heterocycles. The first-order chi connectivity index (χ1) is 15.5. The molecule has 8 heteroatoms. The van der Waals surface area contributed by atoms with Gasteiger partial charge in [-0.05, 0) is 43.3 Å². The highest BCUT2D eigenvalue weighted by Crippen LogP contribution is 2.38. The zero-order chi connectivity index (χ0) is 23.3. The van der Waals surface area contributed by atoms with Crippen LogP contribution in [0.2, 0.25) is 0 Å². The normalized spacial score (nSPS) is 10.9. The molecule has 8 nitrogen and oxygen atoms in total. The van der Waals surface area contributed by atoms with Crippen LogP contribution in [0.1, 0.15) is 33.3 Å². The van der Waals surface area contributed by atoms with Crippen LogP contribution in [0, 0.1) is 0 Å². The summed E-state index contributed by atoms with van der Waals surface area (Å²) in [6, 6.07) is 8.51. The third kappa shape index (κ3) is 4.39. The highest BCUT2D eigenvalue weighted by molar-refractivity contribution is 6.10. The smallest absolute Gasteiger partial charge is 0.355 e. The first-order valence-electron chi connectivity index (χ1n) is 9.86. The lowest BCUT2D eigenvalue weighted by Gasteiger charge is -2.13. The van der Waals surface area contributed by atoms with Gasteiger partial charge >= 0.3 is 5.97 Å². The van der Waals surface area contributed by atoms with Crippen LogP contribution in [0.5, 0.6) is 23.0 Å². The molecule has 0 atom stereocenters. The number of carbonyl (C=O) groups is 2. The van der Waals surface area contributed by atoms with Crippen LogP contribution in [0.4, 0.5) is 0 Å². The topological polar surface area (TPSA) is 96.1 Å². The standard InChI is InChI=1S/C24H25NO7/c1-6-32-24(27)22-17(16-8-7-15(28-2)13-18(16)25-22)9-10-19(26)14-11-20(29-3)23(31-5)21(12-14)30-4/h7-13,25H,6H2,1-5H3/b10-9+. The first kappa shape index (κ1) is 22.7. The molecule has 1 heterocycles. The summed E-state index contributed by atoms with van der Waals surface area (Å²) in [5.74, 6) is 0.957. The summed E-state index contributed by atoms with van der Waals surface area (Å²) in [7, 11) is 6.01. The molecule has 0 aliphatic carbocycles. The summed E-state index contributed by atoms with van der Waals surface area (Å²) in [6.45, 7) is 1.96. The molecule has 0 saturated carbocycles. The summed E-state index contributed by atoms with van der Waals surface area (Å²) >= 11 is 0. The average Bonchev–Trinajstić information content (AvgIpc) is 3.19. The van der Waals surface area contributed by atoms with Crippen molar-refractivity contribution in [1.29, 1.82) is 0 Å². The molecule has 1 aromatic heterocycles. The summed E-state index contributed by atoms with van der Waals surface area (Å²) in [4.78, 5) is 28.5. The van der Waals surface area contributed by atoms with E-state index in [0.717, 1.165) is 5.39 Å². The van der Waals surface area contributed by atoms with Crippen molar-refractivity contribution < 1.29 is 33.3 Å². The quantitative estimate of drug-likeness (QED) is 0.302. The van der Waals surface area contributed by atoms with Crippen molar-refractivity contribution in [3.8, 4) is 23.0 Å². The van der Waals surface area contributed by atoms with Crippen molar-refractivity contribution in [2.75, 3.05) is 35.0 Å². The van der Waals surface area contributed by atoms with E-state index < -0.39 is 5.97 Å². The van der Waals surface area contributed by atoms with Crippen LogP contribution in [-0.4, -0.2) is 51.8 Å². The van der Waals surface area contributed by atoms with E-state index in [1.54, 1.807) is 44.4 Å². The van der Waals surface area contributed by atoms with Gasteiger partial charge in [-0.15, -0.1) is 0 Å². The van der Waals surface area contributed by atoms with E-state index in [2.05, 4.69) is 4.98 Å². The molecular weight excluding hydrogens is 414 g/mol. The minimum atomic E-state index is -0.512. The van der Waals surface area contributed by atoms with Crippen molar-refractivity contribution in [3.63, 3.8) is 0 Å². The minimum Gasteiger partial charge on any atom is -0.497 e. The Balaban J connectivity index is 2.05. The number of allylic oxidation sites excluding steroid dienone is 1. The lowest BCUT2D eigenvalue weighted by molar-refractivity contribution is 0.0520. The lowest BCUT2D eigenvalue weighted by atomic mass is 10.1. The molecule has 0 amide bonds. The molecule has 2 aromatic carbocycles. The Morgan fingerprint density at radius 1 is 0.938 bits per heavy atom. The SMILES string of the molecule is CCOC(=O)c1[nH]c2cc(OC)ccc2c1/C=C/C(=O)c1cc(OC)c(OC)c(OC)c1. The molecule has 1 N–H and O–H groups in total. The second-order valence-corrected chi connectivity index (χ2v) is 6.66. The molecule has 0 radical (unpaired) electrons. The second-order valence-electron chi connectivity index (χ2n) is 6.66. The molecule has 0 aliphatic rings. The number of methoxy groups -OCH3 is 4. The van der Waals surface area contributed by atoms with Crippen LogP contribution in [0.15, 0.2) is 36.4 Å². The van der Waals surface area contributed by atoms with Gasteiger partial charge in [0.25, 0.3) is 0 Å². The molecule has 0 spiro atoms. The van der Waals surface area contributed by atoms with Gasteiger partial charge in [-0.1, -0.05) is 0 Å². The van der Waals surface area contributed by atoms with Gasteiger partial charge in [0.2, 0.25) is 5.75 Å². The predicted molar refractivity (Wildman–Crippen MR) is 120 cm³/mol. The third-order valence-electron chi connectivity index (χ3n) is 4.88. The van der Waals surface area contributed by atoms with E-state index in [0.29, 0.717) is 39.6 Å². The number of fused-ring (bicyclic) bond motifs is 1. The van der Waals surface area contributed by atoms with Crippen molar-refractivity contribution in [2.24, 2.45) is 0 Å². The number of hydrogen-bond acceptors (Lipinski definition) is 7. The molecule has 0 unspecified atom stereocenters. The number of ether oxygens (including phenoxy) is 5. The zero-order valence-corrected chi connectivity index (χ0v) is 18.6. The molecule has 0 saturated heterocycles. The number of hydrogen-bond donors (Lipinski definition) is 1. The Hall–Kier alpha value is -3.94. The number of esters is 1. The van der Waals surface area contributed by atoms with Crippen molar-refractivity contribution in [1.82, 2.24) is 4.98 Å². The Kier molecular flexibility index (Phi) is 7.04. The van der Waals surface area contributed by atoms with E-state index >= 15 is 0 Å². The molecular formula is C24H25NO7. The summed E-state index contributed by atoms with van der Waals surface area (Å²) in [5, 5.41) is 0.753. The number of aromatic nitrogens is 1. The van der Waals surface area contributed by atoms with Gasteiger partial charge < -0.3 is 28.7 Å². The van der Waals surface area contributed by atoms with Gasteiger partial charge in [-0.2, -0.15) is 0 Å². The lowest BCUT2D eigenvalue weighted by Crippen LogP contribution is -2.06. The van der Waals surface area contributed by atoms with Crippen molar-refractivity contribution >= 4 is 28.7 Å². The third-order valence-corrected chi connectivity index (χ3v) is 4.88. The maximum Gasteiger partial charge on any atom is 0.355 e. The van der Waals surface area contributed by atoms with E-state index in [9.17, 15) is 9.59 Å². The fourth-order valence-corrected chi connectivity index (χ4v) is 3.34. The van der Waals surface area contributed by atoms with Crippen LogP contribution in [0.3, 0.4) is 0 Å². The Labute approximate surface area is 185 Å². The van der Waals surface area contributed by atoms with E-state index in [1.807, 2.05) is 6.07 Å². The zero-order valence-electron chi connectivity index (χ0n) is 18.6. The Morgan fingerprint density at radius 2 is 1.62 bits per heavy atom. The van der Waals surface area contributed by atoms with Gasteiger partial charge in [0.05, 0.1) is 40.6 Å². The molecule has 3 rings (SSSR count). The van der Waals surface area contributed by atoms with Crippen LogP contribution in [0.25, 0.3) is 17.0 Å². The van der Waals surface area contributed by atoms with Crippen LogP contribution < -0.4 is 18.9 Å². The fourth-order valence-electron chi connectivity index (χ4n) is 3.34. The summed E-state index contributed by atoms with van der Waals surface area (Å²) in [5.41, 5.74) is 1.83. The van der Waals surface area contributed by atoms with E-state index in [-0.39, 0.29) is 18.1 Å². The van der Waals surface area contributed by atoms with E-state index in [1.165, 1.54) is 27.4 Å². The molecule has 3 aromatic rings. The molecule has 0 bridgehead atoms. The molecule has 32 heavy (non-hydrogen) atoms. The second kappa shape index (κ2) is 9.91.